The van der Waals surface area contributed by atoms with Gasteiger partial charge in [0.2, 0.25) is 0 Å². The molecule has 1 aromatic carbocycles. The molecule has 0 saturated carbocycles. The monoisotopic (exact) mass is 281 g/mol. The van der Waals surface area contributed by atoms with Gasteiger partial charge in [-0.05, 0) is 30.0 Å². The molecule has 6 heteroatoms. The summed E-state index contributed by atoms with van der Waals surface area (Å²) in [6.07, 6.45) is 5.20. The average Bonchev–Trinajstić information content (AvgIpc) is 3.14. The van der Waals surface area contributed by atoms with Gasteiger partial charge in [-0.25, -0.2) is 15.0 Å². The Balaban J connectivity index is 1.70. The summed E-state index contributed by atoms with van der Waals surface area (Å²) in [5.74, 6) is 1.75. The second-order valence-electron chi connectivity index (χ2n) is 5.09. The number of methoxy groups -OCH3 is 1. The van der Waals surface area contributed by atoms with Crippen LogP contribution in [0.1, 0.15) is 23.6 Å². The highest BCUT2D eigenvalue weighted by Gasteiger charge is 2.25. The van der Waals surface area contributed by atoms with Crippen LogP contribution in [0.3, 0.4) is 0 Å². The number of hydrogen-bond acceptors (Lipinski definition) is 5. The molecule has 2 heterocycles. The van der Waals surface area contributed by atoms with Gasteiger partial charge in [-0.2, -0.15) is 0 Å². The summed E-state index contributed by atoms with van der Waals surface area (Å²) in [5.41, 5.74) is 4.08. The van der Waals surface area contributed by atoms with Crippen molar-refractivity contribution in [2.75, 3.05) is 12.4 Å². The molecule has 1 aliphatic carbocycles. The van der Waals surface area contributed by atoms with Crippen LogP contribution < -0.4 is 10.1 Å². The number of fused-ring (bicyclic) bond motifs is 2. The number of aromatic nitrogens is 4. The molecule has 4 rings (SSSR count). The molecule has 1 atom stereocenters. The van der Waals surface area contributed by atoms with Gasteiger partial charge in [-0.3, -0.25) is 0 Å². The summed E-state index contributed by atoms with van der Waals surface area (Å²) < 4.78 is 5.44. The predicted octanol–water partition coefficient (Wildman–Crippen LogP) is 2.46. The van der Waals surface area contributed by atoms with Gasteiger partial charge >= 0.3 is 0 Å². The summed E-state index contributed by atoms with van der Waals surface area (Å²) >= 11 is 0. The van der Waals surface area contributed by atoms with E-state index in [0.29, 0.717) is 5.65 Å². The van der Waals surface area contributed by atoms with E-state index in [1.165, 1.54) is 17.5 Å². The van der Waals surface area contributed by atoms with Crippen molar-refractivity contribution < 1.29 is 4.74 Å². The summed E-state index contributed by atoms with van der Waals surface area (Å²) in [7, 11) is 1.72. The second-order valence-corrected chi connectivity index (χ2v) is 5.09. The van der Waals surface area contributed by atoms with Crippen LogP contribution >= 0.6 is 0 Å². The molecule has 3 aromatic rings. The molecule has 0 saturated heterocycles. The Hall–Kier alpha value is -2.63. The average molecular weight is 281 g/mol. The number of imidazole rings is 1. The molecule has 0 bridgehead atoms. The summed E-state index contributed by atoms with van der Waals surface area (Å²) in [5, 5.41) is 3.50. The smallest absolute Gasteiger partial charge is 0.182 e. The fourth-order valence-corrected chi connectivity index (χ4v) is 3.00. The van der Waals surface area contributed by atoms with E-state index in [2.05, 4.69) is 31.3 Å². The van der Waals surface area contributed by atoms with Crippen LogP contribution in [0.25, 0.3) is 11.2 Å². The lowest BCUT2D eigenvalue weighted by Crippen LogP contribution is -2.09. The molecular weight excluding hydrogens is 266 g/mol. The third kappa shape index (κ3) is 1.91. The van der Waals surface area contributed by atoms with Gasteiger partial charge in [0.25, 0.3) is 0 Å². The van der Waals surface area contributed by atoms with E-state index in [9.17, 15) is 0 Å². The minimum Gasteiger partial charge on any atom is -0.496 e. The Kier molecular flexibility index (Phi) is 2.73. The van der Waals surface area contributed by atoms with Crippen LogP contribution in [0.5, 0.6) is 5.75 Å². The van der Waals surface area contributed by atoms with Gasteiger partial charge in [-0.1, -0.05) is 12.1 Å². The summed E-state index contributed by atoms with van der Waals surface area (Å²) in [6.45, 7) is 0. The number of nitrogens with one attached hydrogen (secondary N) is 2. The molecule has 2 aromatic heterocycles. The number of anilines is 1. The molecular formula is C15H15N5O. The molecule has 1 unspecified atom stereocenters. The van der Waals surface area contributed by atoms with E-state index in [1.54, 1.807) is 13.4 Å². The van der Waals surface area contributed by atoms with E-state index in [-0.39, 0.29) is 6.04 Å². The normalized spacial score (nSPS) is 16.9. The minimum atomic E-state index is 0.233. The van der Waals surface area contributed by atoms with Crippen molar-refractivity contribution in [2.24, 2.45) is 0 Å². The Morgan fingerprint density at radius 2 is 2.24 bits per heavy atom. The first kappa shape index (κ1) is 12.1. The molecule has 0 radical (unpaired) electrons. The second kappa shape index (κ2) is 4.73. The summed E-state index contributed by atoms with van der Waals surface area (Å²) in [6, 6.07) is 6.42. The van der Waals surface area contributed by atoms with Gasteiger partial charge < -0.3 is 15.0 Å². The number of hydrogen-bond donors (Lipinski definition) is 2. The lowest BCUT2D eigenvalue weighted by molar-refractivity contribution is 0.410. The first-order valence-corrected chi connectivity index (χ1v) is 6.93. The quantitative estimate of drug-likeness (QED) is 0.771. The highest BCUT2D eigenvalue weighted by atomic mass is 16.5. The fourth-order valence-electron chi connectivity index (χ4n) is 3.00. The maximum Gasteiger partial charge on any atom is 0.182 e. The maximum atomic E-state index is 5.44. The molecule has 6 nitrogen and oxygen atoms in total. The van der Waals surface area contributed by atoms with Gasteiger partial charge in [0.1, 0.15) is 17.6 Å². The fraction of sp³-hybridized carbons (Fsp3) is 0.267. The number of H-pyrrole nitrogens is 1. The van der Waals surface area contributed by atoms with Crippen molar-refractivity contribution >= 4 is 17.0 Å². The molecule has 0 aliphatic heterocycles. The number of ether oxygens (including phenoxy) is 1. The Bertz CT molecular complexity index is 798. The molecule has 0 amide bonds. The highest BCUT2D eigenvalue weighted by molar-refractivity contribution is 5.82. The van der Waals surface area contributed by atoms with E-state index < -0.39 is 0 Å². The number of aromatic amines is 1. The maximum absolute atomic E-state index is 5.44. The van der Waals surface area contributed by atoms with Crippen LogP contribution in [-0.4, -0.2) is 27.0 Å². The van der Waals surface area contributed by atoms with Crippen LogP contribution in [0.2, 0.25) is 0 Å². The molecule has 0 fully saturated rings. The van der Waals surface area contributed by atoms with Crippen LogP contribution in [0.4, 0.5) is 5.82 Å². The molecule has 21 heavy (non-hydrogen) atoms. The standard InChI is InChI=1S/C15H15N5O/c1-21-12-4-2-3-9-10(12)5-6-11(9)20-15-13-14(17-7-16-13)18-8-19-15/h2-4,7-8,11H,5-6H2,1H3,(H2,16,17,18,19,20). The van der Waals surface area contributed by atoms with E-state index in [1.807, 2.05) is 12.1 Å². The van der Waals surface area contributed by atoms with Crippen molar-refractivity contribution in [3.63, 3.8) is 0 Å². The van der Waals surface area contributed by atoms with Gasteiger partial charge in [0.05, 0.1) is 19.5 Å². The predicted molar refractivity (Wildman–Crippen MR) is 79.4 cm³/mol. The Morgan fingerprint density at radius 1 is 1.29 bits per heavy atom. The number of benzene rings is 1. The number of nitrogens with zero attached hydrogens (tertiary/aromatic N) is 3. The third-order valence-corrected chi connectivity index (χ3v) is 3.98. The lowest BCUT2D eigenvalue weighted by atomic mass is 10.1. The summed E-state index contributed by atoms with van der Waals surface area (Å²) in [4.78, 5) is 15.7. The zero-order chi connectivity index (χ0) is 14.2. The minimum absolute atomic E-state index is 0.233. The van der Waals surface area contributed by atoms with E-state index >= 15 is 0 Å². The van der Waals surface area contributed by atoms with Gasteiger partial charge in [0, 0.05) is 0 Å². The SMILES string of the molecule is COc1cccc2c1CCC2Nc1ncnc2nc[nH]c12. The number of rotatable bonds is 3. The van der Waals surface area contributed by atoms with E-state index in [4.69, 9.17) is 4.74 Å². The topological polar surface area (TPSA) is 75.7 Å². The van der Waals surface area contributed by atoms with Gasteiger partial charge in [-0.15, -0.1) is 0 Å². The third-order valence-electron chi connectivity index (χ3n) is 3.98. The van der Waals surface area contributed by atoms with Gasteiger partial charge in [0.15, 0.2) is 11.5 Å². The van der Waals surface area contributed by atoms with Crippen molar-refractivity contribution in [2.45, 2.75) is 18.9 Å². The van der Waals surface area contributed by atoms with Crippen molar-refractivity contribution in [1.29, 1.82) is 0 Å². The highest BCUT2D eigenvalue weighted by Crippen LogP contribution is 2.38. The molecule has 0 spiro atoms. The van der Waals surface area contributed by atoms with Crippen LogP contribution in [0, 0.1) is 0 Å². The molecule has 2 N–H and O–H groups in total. The first-order valence-electron chi connectivity index (χ1n) is 6.93. The van der Waals surface area contributed by atoms with Crippen molar-refractivity contribution in [1.82, 2.24) is 19.9 Å². The van der Waals surface area contributed by atoms with E-state index in [0.717, 1.165) is 29.9 Å². The zero-order valence-electron chi connectivity index (χ0n) is 11.6. The Morgan fingerprint density at radius 3 is 3.14 bits per heavy atom. The zero-order valence-corrected chi connectivity index (χ0v) is 11.6. The van der Waals surface area contributed by atoms with Crippen molar-refractivity contribution in [3.05, 3.63) is 42.0 Å². The van der Waals surface area contributed by atoms with Crippen molar-refractivity contribution in [3.8, 4) is 5.75 Å². The lowest BCUT2D eigenvalue weighted by Gasteiger charge is -2.15. The first-order chi connectivity index (χ1) is 10.4. The Labute approximate surface area is 121 Å². The van der Waals surface area contributed by atoms with Crippen LogP contribution in [0.15, 0.2) is 30.9 Å². The molecule has 106 valence electrons. The van der Waals surface area contributed by atoms with Crippen LogP contribution in [-0.2, 0) is 6.42 Å². The largest absolute Gasteiger partial charge is 0.496 e. The molecule has 1 aliphatic rings.